The molecule has 0 radical (unpaired) electrons. The third-order valence-corrected chi connectivity index (χ3v) is 4.49. The largest absolute Gasteiger partial charge is 0.280 e. The van der Waals surface area contributed by atoms with Crippen LogP contribution in [0.15, 0.2) is 46.4 Å². The van der Waals surface area contributed by atoms with E-state index in [2.05, 4.69) is 5.10 Å². The maximum Gasteiger partial charge on any atom is 0.280 e. The summed E-state index contributed by atoms with van der Waals surface area (Å²) in [6, 6.07) is 9.17. The smallest absolute Gasteiger partial charge is 0.267 e. The third kappa shape index (κ3) is 2.64. The maximum atomic E-state index is 12.6. The van der Waals surface area contributed by atoms with E-state index < -0.39 is 0 Å². The van der Waals surface area contributed by atoms with Crippen LogP contribution in [0.1, 0.15) is 17.4 Å². The molecule has 3 rings (SSSR count). The maximum absolute atomic E-state index is 12.6. The van der Waals surface area contributed by atoms with Crippen LogP contribution in [-0.2, 0) is 4.79 Å². The second kappa shape index (κ2) is 5.47. The van der Waals surface area contributed by atoms with Crippen LogP contribution >= 0.6 is 22.9 Å². The highest BCUT2D eigenvalue weighted by atomic mass is 35.5. The number of hydrogen-bond acceptors (Lipinski definition) is 3. The van der Waals surface area contributed by atoms with Gasteiger partial charge in [0.2, 0.25) is 0 Å². The number of halogens is 1. The van der Waals surface area contributed by atoms with E-state index in [1.54, 1.807) is 29.5 Å². The molecular formula is C16H13ClN2OS. The van der Waals surface area contributed by atoms with Gasteiger partial charge in [-0.05, 0) is 55.1 Å². The predicted molar refractivity (Wildman–Crippen MR) is 89.1 cm³/mol. The molecule has 0 aliphatic carbocycles. The van der Waals surface area contributed by atoms with E-state index in [1.807, 2.05) is 37.4 Å². The number of amides is 1. The van der Waals surface area contributed by atoms with Crippen molar-refractivity contribution in [2.45, 2.75) is 13.8 Å². The summed E-state index contributed by atoms with van der Waals surface area (Å²) in [4.78, 5) is 13.7. The van der Waals surface area contributed by atoms with Crippen LogP contribution in [0, 0.1) is 6.92 Å². The number of benzene rings is 1. The summed E-state index contributed by atoms with van der Waals surface area (Å²) in [5.41, 5.74) is 3.18. The van der Waals surface area contributed by atoms with Crippen molar-refractivity contribution >= 4 is 46.3 Å². The van der Waals surface area contributed by atoms with Gasteiger partial charge in [0.05, 0.1) is 17.0 Å². The Kier molecular flexibility index (Phi) is 3.66. The first-order valence-corrected chi connectivity index (χ1v) is 7.73. The van der Waals surface area contributed by atoms with Crippen LogP contribution in [0.4, 0.5) is 5.69 Å². The fourth-order valence-corrected chi connectivity index (χ4v) is 3.17. The van der Waals surface area contributed by atoms with Crippen molar-refractivity contribution in [3.63, 3.8) is 0 Å². The molecule has 5 heteroatoms. The summed E-state index contributed by atoms with van der Waals surface area (Å²) in [5, 5.41) is 8.35. The zero-order valence-electron chi connectivity index (χ0n) is 11.6. The molecule has 0 spiro atoms. The van der Waals surface area contributed by atoms with Gasteiger partial charge in [-0.25, -0.2) is 0 Å². The van der Waals surface area contributed by atoms with E-state index in [0.717, 1.165) is 10.4 Å². The Morgan fingerprint density at radius 3 is 2.76 bits per heavy atom. The summed E-state index contributed by atoms with van der Waals surface area (Å²) in [7, 11) is 0. The predicted octanol–water partition coefficient (Wildman–Crippen LogP) is 4.52. The number of thiophene rings is 1. The van der Waals surface area contributed by atoms with Crippen molar-refractivity contribution in [2.75, 3.05) is 5.01 Å². The van der Waals surface area contributed by atoms with Gasteiger partial charge < -0.3 is 0 Å². The molecule has 0 saturated carbocycles. The Labute approximate surface area is 132 Å². The van der Waals surface area contributed by atoms with E-state index in [4.69, 9.17) is 11.6 Å². The second-order valence-corrected chi connectivity index (χ2v) is 6.19. The standard InChI is InChI=1S/C16H13ClN2OS/c1-10-6-7-21-15(10)9-14-11(2)18-19(16(14)20)13-5-3-4-12(17)8-13/h3-9H,1-2H3/b14-9+. The van der Waals surface area contributed by atoms with E-state index in [9.17, 15) is 4.79 Å². The molecule has 1 aliphatic heterocycles. The fourth-order valence-electron chi connectivity index (χ4n) is 2.13. The average molecular weight is 317 g/mol. The number of hydrogen-bond donors (Lipinski definition) is 0. The zero-order chi connectivity index (χ0) is 15.0. The minimum Gasteiger partial charge on any atom is -0.267 e. The van der Waals surface area contributed by atoms with E-state index in [0.29, 0.717) is 22.0 Å². The minimum absolute atomic E-state index is 0.123. The lowest BCUT2D eigenvalue weighted by Crippen LogP contribution is -2.21. The summed E-state index contributed by atoms with van der Waals surface area (Å²) >= 11 is 7.60. The zero-order valence-corrected chi connectivity index (χ0v) is 13.2. The topological polar surface area (TPSA) is 32.7 Å². The van der Waals surface area contributed by atoms with E-state index in [-0.39, 0.29) is 5.91 Å². The lowest BCUT2D eigenvalue weighted by Gasteiger charge is -2.11. The number of carbonyl (C=O) groups is 1. The molecule has 0 saturated heterocycles. The van der Waals surface area contributed by atoms with Crippen molar-refractivity contribution in [1.29, 1.82) is 0 Å². The van der Waals surface area contributed by atoms with Crippen LogP contribution in [0.5, 0.6) is 0 Å². The van der Waals surface area contributed by atoms with Gasteiger partial charge in [-0.2, -0.15) is 10.1 Å². The molecule has 0 bridgehead atoms. The Morgan fingerprint density at radius 2 is 2.10 bits per heavy atom. The van der Waals surface area contributed by atoms with Crippen molar-refractivity contribution in [2.24, 2.45) is 5.10 Å². The monoisotopic (exact) mass is 316 g/mol. The van der Waals surface area contributed by atoms with Gasteiger partial charge in [0.1, 0.15) is 0 Å². The molecule has 0 N–H and O–H groups in total. The Hall–Kier alpha value is -1.91. The molecule has 21 heavy (non-hydrogen) atoms. The molecule has 3 nitrogen and oxygen atoms in total. The van der Waals surface area contributed by atoms with Gasteiger partial charge in [0.15, 0.2) is 0 Å². The molecule has 106 valence electrons. The van der Waals surface area contributed by atoms with E-state index in [1.165, 1.54) is 5.01 Å². The highest BCUT2D eigenvalue weighted by molar-refractivity contribution is 7.11. The molecule has 2 heterocycles. The van der Waals surface area contributed by atoms with Gasteiger partial charge in [-0.1, -0.05) is 17.7 Å². The molecule has 1 aromatic carbocycles. The summed E-state index contributed by atoms with van der Waals surface area (Å²) < 4.78 is 0. The number of rotatable bonds is 2. The van der Waals surface area contributed by atoms with Gasteiger partial charge >= 0.3 is 0 Å². The second-order valence-electron chi connectivity index (χ2n) is 4.81. The molecule has 1 aliphatic rings. The normalized spacial score (nSPS) is 16.7. The van der Waals surface area contributed by atoms with Crippen molar-refractivity contribution in [1.82, 2.24) is 0 Å². The Balaban J connectivity index is 1.98. The Morgan fingerprint density at radius 1 is 1.29 bits per heavy atom. The summed E-state index contributed by atoms with van der Waals surface area (Å²) in [5.74, 6) is -0.123. The molecular weight excluding hydrogens is 304 g/mol. The van der Waals surface area contributed by atoms with E-state index >= 15 is 0 Å². The van der Waals surface area contributed by atoms with Crippen molar-refractivity contribution < 1.29 is 4.79 Å². The van der Waals surface area contributed by atoms with Crippen LogP contribution < -0.4 is 5.01 Å². The molecule has 0 fully saturated rings. The van der Waals surface area contributed by atoms with Crippen molar-refractivity contribution in [3.05, 3.63) is 56.7 Å². The van der Waals surface area contributed by atoms with Crippen LogP contribution in [0.25, 0.3) is 6.08 Å². The first kappa shape index (κ1) is 14.0. The van der Waals surface area contributed by atoms with Gasteiger partial charge in [0, 0.05) is 9.90 Å². The van der Waals surface area contributed by atoms with Gasteiger partial charge in [-0.15, -0.1) is 11.3 Å². The fraction of sp³-hybridized carbons (Fsp3) is 0.125. The number of anilines is 1. The van der Waals surface area contributed by atoms with Gasteiger partial charge in [-0.3, -0.25) is 4.79 Å². The Bertz CT molecular complexity index is 776. The SMILES string of the molecule is CC1=NN(c2cccc(Cl)c2)C(=O)/C1=C/c1sccc1C. The number of hydrazone groups is 1. The van der Waals surface area contributed by atoms with Gasteiger partial charge in [0.25, 0.3) is 5.91 Å². The first-order valence-electron chi connectivity index (χ1n) is 6.47. The summed E-state index contributed by atoms with van der Waals surface area (Å²) in [6.07, 6.45) is 1.91. The molecule has 2 aromatic rings. The molecule has 0 unspecified atom stereocenters. The van der Waals surface area contributed by atoms with Crippen LogP contribution in [-0.4, -0.2) is 11.6 Å². The lowest BCUT2D eigenvalue weighted by molar-refractivity contribution is -0.114. The van der Waals surface area contributed by atoms with Crippen molar-refractivity contribution in [3.8, 4) is 0 Å². The number of carbonyl (C=O) groups excluding carboxylic acids is 1. The lowest BCUT2D eigenvalue weighted by atomic mass is 10.1. The first-order chi connectivity index (χ1) is 10.1. The number of aryl methyl sites for hydroxylation is 1. The average Bonchev–Trinajstić information content (AvgIpc) is 2.97. The molecule has 0 atom stereocenters. The summed E-state index contributed by atoms with van der Waals surface area (Å²) in [6.45, 7) is 3.88. The number of nitrogens with zero attached hydrogens (tertiary/aromatic N) is 2. The van der Waals surface area contributed by atoms with Crippen LogP contribution in [0.3, 0.4) is 0 Å². The molecule has 1 amide bonds. The highest BCUT2D eigenvalue weighted by Gasteiger charge is 2.28. The molecule has 1 aromatic heterocycles. The highest BCUT2D eigenvalue weighted by Crippen LogP contribution is 2.28. The minimum atomic E-state index is -0.123. The van der Waals surface area contributed by atoms with Crippen LogP contribution in [0.2, 0.25) is 5.02 Å². The quantitative estimate of drug-likeness (QED) is 0.750. The third-order valence-electron chi connectivity index (χ3n) is 3.29.